The Morgan fingerprint density at radius 3 is 2.24 bits per heavy atom. The number of nitrogens with zero attached hydrogens (tertiary/aromatic N) is 1. The first kappa shape index (κ1) is 26.4. The topological polar surface area (TPSA) is 181 Å². The van der Waals surface area contributed by atoms with E-state index in [0.717, 1.165) is 6.21 Å². The van der Waals surface area contributed by atoms with Crippen molar-refractivity contribution in [2.45, 2.75) is 20.0 Å². The van der Waals surface area contributed by atoms with Crippen LogP contribution < -0.4 is 21.4 Å². The molecule has 0 unspecified atom stereocenters. The fourth-order valence-electron chi connectivity index (χ4n) is 2.76. The summed E-state index contributed by atoms with van der Waals surface area (Å²) < 4.78 is 15.3. The van der Waals surface area contributed by atoms with Crippen LogP contribution in [0.3, 0.4) is 0 Å². The third-order valence-electron chi connectivity index (χ3n) is 4.53. The van der Waals surface area contributed by atoms with Gasteiger partial charge < -0.3 is 29.5 Å². The van der Waals surface area contributed by atoms with Gasteiger partial charge in [-0.05, 0) is 55.5 Å². The molecule has 0 fully saturated rings. The van der Waals surface area contributed by atoms with Crippen molar-refractivity contribution in [1.82, 2.24) is 16.1 Å². The Morgan fingerprint density at radius 1 is 0.865 bits per heavy atom. The number of hydrogen-bond acceptors (Lipinski definition) is 9. The van der Waals surface area contributed by atoms with Crippen molar-refractivity contribution in [1.29, 1.82) is 0 Å². The number of hydrazone groups is 1. The number of ether oxygens (including phenoxy) is 1. The van der Waals surface area contributed by atoms with Gasteiger partial charge in [-0.1, -0.05) is 0 Å². The lowest BCUT2D eigenvalue weighted by molar-refractivity contribution is -0.139. The highest BCUT2D eigenvalue weighted by molar-refractivity contribution is 6.39. The minimum Gasteiger partial charge on any atom is -0.467 e. The molecular formula is C24H23N5O8. The molecule has 0 spiro atoms. The third kappa shape index (κ3) is 8.20. The average molecular weight is 509 g/mol. The maximum absolute atomic E-state index is 12.1. The number of anilines is 1. The second-order valence-electron chi connectivity index (χ2n) is 7.20. The number of carbonyl (C=O) groups excluding carboxylic acids is 5. The lowest BCUT2D eigenvalue weighted by atomic mass is 10.2. The largest absolute Gasteiger partial charge is 0.467 e. The number of hydrogen-bond donors (Lipinski definition) is 4. The van der Waals surface area contributed by atoms with Crippen molar-refractivity contribution in [3.63, 3.8) is 0 Å². The van der Waals surface area contributed by atoms with Crippen molar-refractivity contribution >= 4 is 41.5 Å². The van der Waals surface area contributed by atoms with Gasteiger partial charge in [0.2, 0.25) is 0 Å². The van der Waals surface area contributed by atoms with Gasteiger partial charge >= 0.3 is 29.6 Å². The lowest BCUT2D eigenvalue weighted by Crippen LogP contribution is -2.37. The number of amides is 4. The highest BCUT2D eigenvalue weighted by Crippen LogP contribution is 2.11. The molecule has 1 aromatic carbocycles. The Labute approximate surface area is 210 Å². The van der Waals surface area contributed by atoms with E-state index in [1.165, 1.54) is 42.7 Å². The van der Waals surface area contributed by atoms with Crippen molar-refractivity contribution in [2.24, 2.45) is 5.10 Å². The van der Waals surface area contributed by atoms with E-state index in [9.17, 15) is 24.0 Å². The van der Waals surface area contributed by atoms with E-state index < -0.39 is 29.6 Å². The molecule has 13 heteroatoms. The van der Waals surface area contributed by atoms with E-state index in [-0.39, 0.29) is 25.5 Å². The molecule has 2 heterocycles. The Hall–Kier alpha value is -5.20. The summed E-state index contributed by atoms with van der Waals surface area (Å²) in [5.74, 6) is -3.17. The van der Waals surface area contributed by atoms with Crippen molar-refractivity contribution in [3.05, 3.63) is 77.6 Å². The smallest absolute Gasteiger partial charge is 0.338 e. The molecule has 0 aliphatic rings. The Morgan fingerprint density at radius 2 is 1.57 bits per heavy atom. The fraction of sp³-hybridized carbons (Fsp3) is 0.167. The molecule has 3 aromatic rings. The van der Waals surface area contributed by atoms with Gasteiger partial charge in [0.15, 0.2) is 0 Å². The maximum atomic E-state index is 12.1. The molecule has 0 saturated carbocycles. The summed E-state index contributed by atoms with van der Waals surface area (Å²) in [5, 5.41) is 10.8. The molecule has 0 radical (unpaired) electrons. The molecule has 37 heavy (non-hydrogen) atoms. The number of nitrogens with one attached hydrogen (secondary N) is 4. The Bertz CT molecular complexity index is 1280. The molecule has 4 N–H and O–H groups in total. The first-order valence-electron chi connectivity index (χ1n) is 10.9. The predicted octanol–water partition coefficient (Wildman–Crippen LogP) is 1.07. The van der Waals surface area contributed by atoms with Crippen molar-refractivity contribution in [3.8, 4) is 0 Å². The normalized spacial score (nSPS) is 10.5. The molecule has 0 aliphatic heterocycles. The summed E-state index contributed by atoms with van der Waals surface area (Å²) in [6.07, 6.45) is 2.61. The molecule has 3 rings (SSSR count). The molecular weight excluding hydrogens is 486 g/mol. The number of rotatable bonds is 9. The van der Waals surface area contributed by atoms with Gasteiger partial charge in [-0.25, -0.2) is 10.2 Å². The zero-order chi connectivity index (χ0) is 26.6. The summed E-state index contributed by atoms with van der Waals surface area (Å²) in [5.41, 5.74) is 2.69. The Balaban J connectivity index is 1.39. The summed E-state index contributed by atoms with van der Waals surface area (Å²) in [6, 6.07) is 12.2. The highest BCUT2D eigenvalue weighted by Gasteiger charge is 2.15. The molecule has 0 saturated heterocycles. The lowest BCUT2D eigenvalue weighted by Gasteiger charge is -2.06. The molecule has 2 aromatic heterocycles. The van der Waals surface area contributed by atoms with Gasteiger partial charge in [0, 0.05) is 5.69 Å². The first-order valence-corrected chi connectivity index (χ1v) is 10.9. The van der Waals surface area contributed by atoms with Crippen LogP contribution in [0.1, 0.15) is 34.6 Å². The van der Waals surface area contributed by atoms with Crippen LogP contribution in [0, 0.1) is 0 Å². The first-order chi connectivity index (χ1) is 17.9. The highest BCUT2D eigenvalue weighted by atomic mass is 16.5. The van der Waals surface area contributed by atoms with Gasteiger partial charge in [-0.3, -0.25) is 19.2 Å². The molecule has 13 nitrogen and oxygen atoms in total. The monoisotopic (exact) mass is 509 g/mol. The molecule has 0 atom stereocenters. The van der Waals surface area contributed by atoms with E-state index in [4.69, 9.17) is 13.6 Å². The molecule has 4 amide bonds. The van der Waals surface area contributed by atoms with Crippen LogP contribution in [-0.2, 0) is 37.0 Å². The van der Waals surface area contributed by atoms with Gasteiger partial charge in [-0.15, -0.1) is 0 Å². The summed E-state index contributed by atoms with van der Waals surface area (Å²) in [4.78, 5) is 59.3. The zero-order valence-electron chi connectivity index (χ0n) is 19.6. The van der Waals surface area contributed by atoms with Crippen LogP contribution in [0.2, 0.25) is 0 Å². The van der Waals surface area contributed by atoms with Crippen molar-refractivity contribution < 1.29 is 37.5 Å². The average Bonchev–Trinajstić information content (AvgIpc) is 3.58. The standard InChI is InChI=1S/C24H23N5O8/c1-2-35-24(34)15-5-7-16(8-6-15)28-22(32)20(30)26-13-18-9-10-19(37-18)14-27-29-23(33)21(31)25-12-17-4-3-11-36-17/h3-11,14H,2,12-13H2,1H3,(H,25,31)(H,26,30)(H,28,32)(H,29,33)/b27-14+. The van der Waals surface area contributed by atoms with E-state index in [1.54, 1.807) is 19.1 Å². The maximum Gasteiger partial charge on any atom is 0.338 e. The summed E-state index contributed by atoms with van der Waals surface area (Å²) in [6.45, 7) is 1.89. The van der Waals surface area contributed by atoms with Crippen LogP contribution in [-0.4, -0.2) is 42.4 Å². The fourth-order valence-corrected chi connectivity index (χ4v) is 2.76. The Kier molecular flexibility index (Phi) is 9.31. The van der Waals surface area contributed by atoms with Gasteiger partial charge in [0.05, 0.1) is 37.7 Å². The number of furan rings is 2. The van der Waals surface area contributed by atoms with E-state index >= 15 is 0 Å². The molecule has 192 valence electrons. The second-order valence-corrected chi connectivity index (χ2v) is 7.20. The number of carbonyl (C=O) groups is 5. The van der Waals surface area contributed by atoms with Crippen LogP contribution in [0.5, 0.6) is 0 Å². The minimum absolute atomic E-state index is 0.0516. The number of benzene rings is 1. The van der Waals surface area contributed by atoms with Gasteiger partial charge in [0.1, 0.15) is 17.3 Å². The van der Waals surface area contributed by atoms with E-state index in [2.05, 4.69) is 26.5 Å². The third-order valence-corrected chi connectivity index (χ3v) is 4.53. The van der Waals surface area contributed by atoms with Crippen molar-refractivity contribution in [2.75, 3.05) is 11.9 Å². The SMILES string of the molecule is CCOC(=O)c1ccc(NC(=O)C(=O)NCc2ccc(/C=N/NC(=O)C(=O)NCc3ccco3)o2)cc1. The van der Waals surface area contributed by atoms with E-state index in [0.29, 0.717) is 22.8 Å². The summed E-state index contributed by atoms with van der Waals surface area (Å²) in [7, 11) is 0. The van der Waals surface area contributed by atoms with Crippen LogP contribution in [0.25, 0.3) is 0 Å². The quantitative estimate of drug-likeness (QED) is 0.143. The van der Waals surface area contributed by atoms with Crippen LogP contribution >= 0.6 is 0 Å². The predicted molar refractivity (Wildman–Crippen MR) is 128 cm³/mol. The zero-order valence-corrected chi connectivity index (χ0v) is 19.6. The second kappa shape index (κ2) is 13.0. The molecule has 0 bridgehead atoms. The number of esters is 1. The van der Waals surface area contributed by atoms with E-state index in [1.807, 2.05) is 0 Å². The summed E-state index contributed by atoms with van der Waals surface area (Å²) >= 11 is 0. The molecule has 0 aliphatic carbocycles. The van der Waals surface area contributed by atoms with Gasteiger partial charge in [-0.2, -0.15) is 5.10 Å². The van der Waals surface area contributed by atoms with Crippen LogP contribution in [0.4, 0.5) is 5.69 Å². The van der Waals surface area contributed by atoms with Gasteiger partial charge in [0.25, 0.3) is 0 Å². The minimum atomic E-state index is -0.983. The van der Waals surface area contributed by atoms with Crippen LogP contribution in [0.15, 0.2) is 68.7 Å².